The molecule has 160 valence electrons. The Morgan fingerprint density at radius 3 is 2.31 bits per heavy atom. The van der Waals surface area contributed by atoms with Gasteiger partial charge in [-0.2, -0.15) is 0 Å². The van der Waals surface area contributed by atoms with Crippen molar-refractivity contribution in [3.8, 4) is 0 Å². The molecule has 1 saturated heterocycles. The van der Waals surface area contributed by atoms with Gasteiger partial charge in [-0.1, -0.05) is 68.7 Å². The Hall–Kier alpha value is -1.46. The van der Waals surface area contributed by atoms with Crippen molar-refractivity contribution < 1.29 is 14.2 Å². The number of halogens is 2. The van der Waals surface area contributed by atoms with Crippen LogP contribution in [0, 0.1) is 5.82 Å². The van der Waals surface area contributed by atoms with Crippen LogP contribution in [0.3, 0.4) is 0 Å². The maximum atomic E-state index is 13.6. The second-order valence-corrected chi connectivity index (χ2v) is 7.76. The lowest BCUT2D eigenvalue weighted by molar-refractivity contribution is -0.0296. The van der Waals surface area contributed by atoms with E-state index in [2.05, 4.69) is 24.0 Å². The van der Waals surface area contributed by atoms with E-state index in [1.165, 1.54) is 12.1 Å². The molecule has 0 radical (unpaired) electrons. The van der Waals surface area contributed by atoms with Gasteiger partial charge in [-0.15, -0.1) is 12.4 Å². The summed E-state index contributed by atoms with van der Waals surface area (Å²) >= 11 is 0. The average Bonchev–Trinajstić information content (AvgIpc) is 2.74. The molecule has 2 aromatic carbocycles. The first-order valence-electron chi connectivity index (χ1n) is 10.5. The van der Waals surface area contributed by atoms with E-state index in [0.29, 0.717) is 6.42 Å². The quantitative estimate of drug-likeness (QED) is 0.569. The van der Waals surface area contributed by atoms with Crippen LogP contribution >= 0.6 is 12.4 Å². The fourth-order valence-corrected chi connectivity index (χ4v) is 4.16. The monoisotopic (exact) mass is 421 g/mol. The largest absolute Gasteiger partial charge is 0.384 e. The Morgan fingerprint density at radius 2 is 1.69 bits per heavy atom. The van der Waals surface area contributed by atoms with E-state index >= 15 is 0 Å². The number of rotatable bonds is 9. The average molecular weight is 422 g/mol. The third-order valence-corrected chi connectivity index (χ3v) is 5.83. The molecule has 2 aromatic rings. The third kappa shape index (κ3) is 6.26. The van der Waals surface area contributed by atoms with E-state index < -0.39 is 5.60 Å². The number of aliphatic hydroxyl groups is 1. The van der Waals surface area contributed by atoms with E-state index in [1.807, 2.05) is 18.2 Å². The Bertz CT molecular complexity index is 707. The van der Waals surface area contributed by atoms with Gasteiger partial charge in [-0.25, -0.2) is 4.39 Å². The minimum atomic E-state index is -1.04. The Morgan fingerprint density at radius 1 is 1.03 bits per heavy atom. The van der Waals surface area contributed by atoms with Crippen molar-refractivity contribution in [2.24, 2.45) is 0 Å². The van der Waals surface area contributed by atoms with E-state index in [9.17, 15) is 9.50 Å². The molecular formula is C24H33ClFNO2. The highest BCUT2D eigenvalue weighted by atomic mass is 35.5. The van der Waals surface area contributed by atoms with Crippen LogP contribution in [-0.2, 0) is 10.3 Å². The minimum Gasteiger partial charge on any atom is -0.384 e. The maximum Gasteiger partial charge on any atom is 0.123 e. The zero-order valence-corrected chi connectivity index (χ0v) is 18.0. The molecule has 2 atom stereocenters. The van der Waals surface area contributed by atoms with Gasteiger partial charge in [0.15, 0.2) is 0 Å². The molecule has 1 fully saturated rings. The van der Waals surface area contributed by atoms with Gasteiger partial charge in [0.2, 0.25) is 0 Å². The summed E-state index contributed by atoms with van der Waals surface area (Å²) in [6.45, 7) is 6.13. The van der Waals surface area contributed by atoms with Gasteiger partial charge in [0.05, 0.1) is 18.8 Å². The standard InChI is InChI=1S/C24H32FNO2.ClH/c1-2-3-7-14-24(27,21-10-12-22(25)13-11-21)23(20-8-5-4-6-9-20)19-26-15-17-28-18-16-26;/h4-6,8-13,23,27H,2-3,7,14-19H2,1H3;1H. The molecule has 0 amide bonds. The van der Waals surface area contributed by atoms with Crippen LogP contribution in [0.15, 0.2) is 54.6 Å². The van der Waals surface area contributed by atoms with E-state index in [0.717, 1.165) is 63.2 Å². The molecular weight excluding hydrogens is 389 g/mol. The predicted octanol–water partition coefficient (Wildman–Crippen LogP) is 5.13. The number of hydrogen-bond acceptors (Lipinski definition) is 3. The van der Waals surface area contributed by atoms with Gasteiger partial charge in [0, 0.05) is 25.6 Å². The summed E-state index contributed by atoms with van der Waals surface area (Å²) in [5, 5.41) is 12.1. The van der Waals surface area contributed by atoms with Crippen LogP contribution in [0.2, 0.25) is 0 Å². The Kier molecular flexibility index (Phi) is 9.57. The van der Waals surface area contributed by atoms with Crippen LogP contribution in [-0.4, -0.2) is 42.9 Å². The molecule has 0 spiro atoms. The first-order valence-corrected chi connectivity index (χ1v) is 10.5. The maximum absolute atomic E-state index is 13.6. The predicted molar refractivity (Wildman–Crippen MR) is 118 cm³/mol. The van der Waals surface area contributed by atoms with Crippen LogP contribution in [0.4, 0.5) is 4.39 Å². The number of ether oxygens (including phenoxy) is 1. The zero-order valence-electron chi connectivity index (χ0n) is 17.2. The summed E-state index contributed by atoms with van der Waals surface area (Å²) < 4.78 is 19.1. The molecule has 1 N–H and O–H groups in total. The van der Waals surface area contributed by atoms with Crippen molar-refractivity contribution in [1.82, 2.24) is 4.90 Å². The van der Waals surface area contributed by atoms with Gasteiger partial charge in [-0.05, 0) is 29.7 Å². The van der Waals surface area contributed by atoms with E-state index in [1.54, 1.807) is 12.1 Å². The SMILES string of the molecule is CCCCCC(O)(c1ccc(F)cc1)C(CN1CCOCC1)c1ccccc1.Cl. The Labute approximate surface area is 180 Å². The molecule has 5 heteroatoms. The smallest absolute Gasteiger partial charge is 0.123 e. The number of morpholine rings is 1. The molecule has 3 rings (SSSR count). The van der Waals surface area contributed by atoms with E-state index in [-0.39, 0.29) is 24.1 Å². The lowest BCUT2D eigenvalue weighted by atomic mass is 9.74. The topological polar surface area (TPSA) is 32.7 Å². The van der Waals surface area contributed by atoms with E-state index in [4.69, 9.17) is 4.74 Å². The van der Waals surface area contributed by atoms with Gasteiger partial charge >= 0.3 is 0 Å². The molecule has 2 unspecified atom stereocenters. The lowest BCUT2D eigenvalue weighted by Gasteiger charge is -2.41. The number of nitrogens with zero attached hydrogens (tertiary/aromatic N) is 1. The minimum absolute atomic E-state index is 0. The molecule has 3 nitrogen and oxygen atoms in total. The molecule has 0 saturated carbocycles. The summed E-state index contributed by atoms with van der Waals surface area (Å²) in [4.78, 5) is 2.37. The van der Waals surface area contributed by atoms with Gasteiger partial charge < -0.3 is 9.84 Å². The van der Waals surface area contributed by atoms with Crippen LogP contribution in [0.5, 0.6) is 0 Å². The van der Waals surface area contributed by atoms with Crippen LogP contribution < -0.4 is 0 Å². The lowest BCUT2D eigenvalue weighted by Crippen LogP contribution is -2.45. The van der Waals surface area contributed by atoms with Crippen LogP contribution in [0.25, 0.3) is 0 Å². The van der Waals surface area contributed by atoms with Crippen molar-refractivity contribution in [2.45, 2.75) is 44.1 Å². The van der Waals surface area contributed by atoms with Crippen molar-refractivity contribution in [3.63, 3.8) is 0 Å². The molecule has 0 aromatic heterocycles. The molecule has 29 heavy (non-hydrogen) atoms. The summed E-state index contributed by atoms with van der Waals surface area (Å²) in [7, 11) is 0. The fourth-order valence-electron chi connectivity index (χ4n) is 4.16. The highest BCUT2D eigenvalue weighted by Gasteiger charge is 2.40. The first-order chi connectivity index (χ1) is 13.6. The Balaban J connectivity index is 0.00000300. The third-order valence-electron chi connectivity index (χ3n) is 5.83. The molecule has 1 heterocycles. The highest BCUT2D eigenvalue weighted by Crippen LogP contribution is 2.42. The second-order valence-electron chi connectivity index (χ2n) is 7.76. The summed E-state index contributed by atoms with van der Waals surface area (Å²) in [5.41, 5.74) is 0.882. The zero-order chi connectivity index (χ0) is 19.8. The highest BCUT2D eigenvalue weighted by molar-refractivity contribution is 5.85. The van der Waals surface area contributed by atoms with Crippen molar-refractivity contribution in [1.29, 1.82) is 0 Å². The van der Waals surface area contributed by atoms with Crippen molar-refractivity contribution in [3.05, 3.63) is 71.5 Å². The van der Waals surface area contributed by atoms with Crippen molar-refractivity contribution >= 4 is 12.4 Å². The normalized spacial score (nSPS) is 17.9. The second kappa shape index (κ2) is 11.7. The first kappa shape index (κ1) is 23.8. The molecule has 1 aliphatic heterocycles. The summed E-state index contributed by atoms with van der Waals surface area (Å²) in [6, 6.07) is 16.7. The van der Waals surface area contributed by atoms with Gasteiger partial charge in [0.25, 0.3) is 0 Å². The number of hydrogen-bond donors (Lipinski definition) is 1. The van der Waals surface area contributed by atoms with Crippen LogP contribution in [0.1, 0.15) is 49.7 Å². The fraction of sp³-hybridized carbons (Fsp3) is 0.500. The van der Waals surface area contributed by atoms with Crippen molar-refractivity contribution in [2.75, 3.05) is 32.8 Å². The van der Waals surface area contributed by atoms with Gasteiger partial charge in [-0.3, -0.25) is 4.90 Å². The number of benzene rings is 2. The molecule has 1 aliphatic rings. The molecule has 0 bridgehead atoms. The summed E-state index contributed by atoms with van der Waals surface area (Å²) in [5.74, 6) is -0.363. The molecule has 0 aliphatic carbocycles. The summed E-state index contributed by atoms with van der Waals surface area (Å²) in [6.07, 6.45) is 3.77. The number of unbranched alkanes of at least 4 members (excludes halogenated alkanes) is 2. The van der Waals surface area contributed by atoms with Gasteiger partial charge in [0.1, 0.15) is 5.82 Å².